The quantitative estimate of drug-likeness (QED) is 0.870. The van der Waals surface area contributed by atoms with Gasteiger partial charge in [0.25, 0.3) is 0 Å². The third kappa shape index (κ3) is 4.20. The first-order valence-corrected chi connectivity index (χ1v) is 6.41. The molecule has 19 heavy (non-hydrogen) atoms. The van der Waals surface area contributed by atoms with Crippen LogP contribution in [0.15, 0.2) is 10.9 Å². The number of nitrogens with zero attached hydrogens (tertiary/aromatic N) is 3. The number of rotatable bonds is 4. The summed E-state index contributed by atoms with van der Waals surface area (Å²) >= 11 is 0. The predicted molar refractivity (Wildman–Crippen MR) is 67.6 cm³/mol. The van der Waals surface area contributed by atoms with Crippen molar-refractivity contribution in [3.05, 3.63) is 12.2 Å². The maximum absolute atomic E-state index is 11.7. The van der Waals surface area contributed by atoms with Gasteiger partial charge in [-0.05, 0) is 20.8 Å². The molecule has 7 nitrogen and oxygen atoms in total. The highest BCUT2D eigenvalue weighted by Gasteiger charge is 2.33. The minimum atomic E-state index is -0.437. The number of nitrogens with one attached hydrogen (secondary N) is 1. The number of likely N-dealkylation sites (tertiary alicyclic amines) is 1. The van der Waals surface area contributed by atoms with E-state index in [4.69, 9.17) is 9.26 Å². The van der Waals surface area contributed by atoms with Crippen molar-refractivity contribution in [2.45, 2.75) is 38.8 Å². The lowest BCUT2D eigenvalue weighted by Gasteiger charge is -2.40. The summed E-state index contributed by atoms with van der Waals surface area (Å²) in [4.78, 5) is 17.3. The Balaban J connectivity index is 1.60. The van der Waals surface area contributed by atoms with Gasteiger partial charge in [-0.1, -0.05) is 5.16 Å². The third-order valence-corrected chi connectivity index (χ3v) is 2.71. The molecular weight excluding hydrogens is 248 g/mol. The Labute approximate surface area is 112 Å². The van der Waals surface area contributed by atoms with Crippen LogP contribution >= 0.6 is 0 Å². The number of aromatic nitrogens is 2. The van der Waals surface area contributed by atoms with Crippen molar-refractivity contribution in [2.75, 3.05) is 19.6 Å². The Bertz CT molecular complexity index is 407. The maximum Gasteiger partial charge on any atom is 0.410 e. The first kappa shape index (κ1) is 13.8. The fraction of sp³-hybridized carbons (Fsp3) is 0.750. The summed E-state index contributed by atoms with van der Waals surface area (Å²) in [7, 11) is 0. The summed E-state index contributed by atoms with van der Waals surface area (Å²) in [5.41, 5.74) is -0.437. The summed E-state index contributed by atoms with van der Waals surface area (Å²) in [6, 6.07) is 0.315. The standard InChI is InChI=1S/C12H20N4O3/c1-12(2,3)18-11(17)16-6-9(7-16)13-5-4-10-14-8-15-19-10/h8-9,13H,4-7H2,1-3H3. The molecule has 2 rings (SSSR count). The van der Waals surface area contributed by atoms with E-state index in [9.17, 15) is 4.79 Å². The third-order valence-electron chi connectivity index (χ3n) is 2.71. The highest BCUT2D eigenvalue weighted by Crippen LogP contribution is 2.15. The van der Waals surface area contributed by atoms with Gasteiger partial charge in [0.2, 0.25) is 5.89 Å². The second-order valence-electron chi connectivity index (χ2n) is 5.62. The van der Waals surface area contributed by atoms with Gasteiger partial charge in [-0.2, -0.15) is 4.98 Å². The smallest absolute Gasteiger partial charge is 0.410 e. The van der Waals surface area contributed by atoms with Crippen molar-refractivity contribution >= 4 is 6.09 Å². The van der Waals surface area contributed by atoms with E-state index in [1.54, 1.807) is 4.90 Å². The molecule has 2 heterocycles. The molecule has 1 saturated heterocycles. The molecule has 0 atom stereocenters. The minimum absolute atomic E-state index is 0.248. The average molecular weight is 268 g/mol. The van der Waals surface area contributed by atoms with Crippen molar-refractivity contribution in [3.8, 4) is 0 Å². The van der Waals surface area contributed by atoms with Crippen LogP contribution < -0.4 is 5.32 Å². The van der Waals surface area contributed by atoms with Crippen LogP contribution in [0.25, 0.3) is 0 Å². The molecule has 1 aromatic rings. The Morgan fingerprint density at radius 2 is 2.32 bits per heavy atom. The van der Waals surface area contributed by atoms with Crippen LogP contribution in [-0.2, 0) is 11.2 Å². The topological polar surface area (TPSA) is 80.5 Å². The van der Waals surface area contributed by atoms with Crippen molar-refractivity contribution < 1.29 is 14.1 Å². The highest BCUT2D eigenvalue weighted by atomic mass is 16.6. The van der Waals surface area contributed by atoms with Crippen LogP contribution in [-0.4, -0.2) is 52.4 Å². The number of carbonyl (C=O) groups is 1. The van der Waals surface area contributed by atoms with Gasteiger partial charge in [-0.15, -0.1) is 0 Å². The van der Waals surface area contributed by atoms with Gasteiger partial charge in [-0.25, -0.2) is 4.79 Å². The molecule has 1 aromatic heterocycles. The van der Waals surface area contributed by atoms with Gasteiger partial charge in [0.15, 0.2) is 6.33 Å². The monoisotopic (exact) mass is 268 g/mol. The lowest BCUT2D eigenvalue weighted by atomic mass is 10.1. The van der Waals surface area contributed by atoms with E-state index in [0.29, 0.717) is 31.4 Å². The first-order chi connectivity index (χ1) is 8.94. The molecule has 1 fully saturated rings. The highest BCUT2D eigenvalue weighted by molar-refractivity contribution is 5.69. The van der Waals surface area contributed by atoms with Crippen LogP contribution in [0.3, 0.4) is 0 Å². The summed E-state index contributed by atoms with van der Waals surface area (Å²) in [5.74, 6) is 0.621. The van der Waals surface area contributed by atoms with E-state index < -0.39 is 5.60 Å². The zero-order valence-corrected chi connectivity index (χ0v) is 11.5. The molecule has 106 valence electrons. The summed E-state index contributed by atoms with van der Waals surface area (Å²) in [6.45, 7) is 7.72. The molecule has 0 bridgehead atoms. The fourth-order valence-corrected chi connectivity index (χ4v) is 1.77. The van der Waals surface area contributed by atoms with Gasteiger partial charge in [0, 0.05) is 32.1 Å². The molecule has 1 aliphatic rings. The fourth-order valence-electron chi connectivity index (χ4n) is 1.77. The molecule has 0 radical (unpaired) electrons. The average Bonchev–Trinajstić information content (AvgIpc) is 2.71. The zero-order valence-electron chi connectivity index (χ0n) is 11.5. The summed E-state index contributed by atoms with van der Waals surface area (Å²) in [5, 5.41) is 6.87. The van der Waals surface area contributed by atoms with Crippen molar-refractivity contribution in [1.29, 1.82) is 0 Å². The van der Waals surface area contributed by atoms with E-state index in [1.165, 1.54) is 6.33 Å². The van der Waals surface area contributed by atoms with E-state index in [2.05, 4.69) is 15.5 Å². The van der Waals surface area contributed by atoms with Gasteiger partial charge < -0.3 is 19.5 Å². The number of amides is 1. The Morgan fingerprint density at radius 3 is 2.89 bits per heavy atom. The number of ether oxygens (including phenoxy) is 1. The predicted octanol–water partition coefficient (Wildman–Crippen LogP) is 0.821. The zero-order chi connectivity index (χ0) is 13.9. The van der Waals surface area contributed by atoms with Crippen LogP contribution in [0.5, 0.6) is 0 Å². The number of hydrogen-bond donors (Lipinski definition) is 1. The van der Waals surface area contributed by atoms with E-state index in [0.717, 1.165) is 6.54 Å². The SMILES string of the molecule is CC(C)(C)OC(=O)N1CC(NCCc2ncno2)C1. The molecule has 0 spiro atoms. The van der Waals surface area contributed by atoms with Gasteiger partial charge in [0.1, 0.15) is 5.60 Å². The van der Waals surface area contributed by atoms with Crippen LogP contribution in [0.4, 0.5) is 4.79 Å². The molecule has 7 heteroatoms. The molecule has 0 saturated carbocycles. The minimum Gasteiger partial charge on any atom is -0.444 e. The Kier molecular flexibility index (Phi) is 4.04. The Morgan fingerprint density at radius 1 is 1.58 bits per heavy atom. The van der Waals surface area contributed by atoms with Crippen LogP contribution in [0.1, 0.15) is 26.7 Å². The summed E-state index contributed by atoms with van der Waals surface area (Å²) < 4.78 is 10.2. The summed E-state index contributed by atoms with van der Waals surface area (Å²) in [6.07, 6.45) is 1.84. The number of carbonyl (C=O) groups excluding carboxylic acids is 1. The van der Waals surface area contributed by atoms with E-state index >= 15 is 0 Å². The first-order valence-electron chi connectivity index (χ1n) is 6.41. The van der Waals surface area contributed by atoms with Gasteiger partial charge in [0.05, 0.1) is 0 Å². The van der Waals surface area contributed by atoms with Crippen molar-refractivity contribution in [1.82, 2.24) is 20.4 Å². The van der Waals surface area contributed by atoms with E-state index in [1.807, 2.05) is 20.8 Å². The largest absolute Gasteiger partial charge is 0.444 e. The molecule has 0 unspecified atom stereocenters. The molecule has 1 N–H and O–H groups in total. The van der Waals surface area contributed by atoms with Crippen molar-refractivity contribution in [2.24, 2.45) is 0 Å². The van der Waals surface area contributed by atoms with Crippen molar-refractivity contribution in [3.63, 3.8) is 0 Å². The van der Waals surface area contributed by atoms with Gasteiger partial charge in [-0.3, -0.25) is 0 Å². The van der Waals surface area contributed by atoms with Crippen LogP contribution in [0.2, 0.25) is 0 Å². The molecular formula is C12H20N4O3. The van der Waals surface area contributed by atoms with Gasteiger partial charge >= 0.3 is 6.09 Å². The molecule has 0 aliphatic carbocycles. The maximum atomic E-state index is 11.7. The second kappa shape index (κ2) is 5.56. The molecule has 0 aromatic carbocycles. The normalized spacial score (nSPS) is 16.3. The molecule has 1 amide bonds. The van der Waals surface area contributed by atoms with E-state index in [-0.39, 0.29) is 6.09 Å². The molecule has 1 aliphatic heterocycles. The number of hydrogen-bond acceptors (Lipinski definition) is 6. The lowest BCUT2D eigenvalue weighted by Crippen LogP contribution is -2.60. The second-order valence-corrected chi connectivity index (χ2v) is 5.62. The lowest BCUT2D eigenvalue weighted by molar-refractivity contribution is 0.00537. The van der Waals surface area contributed by atoms with Crippen LogP contribution in [0, 0.1) is 0 Å². The Hall–Kier alpha value is -1.63.